The zero-order chi connectivity index (χ0) is 19.7. The molecule has 0 radical (unpaired) electrons. The van der Waals surface area contributed by atoms with E-state index in [1.165, 1.54) is 0 Å². The first kappa shape index (κ1) is 19.3. The molecule has 1 aliphatic carbocycles. The molecule has 1 atom stereocenters. The molecular weight excluding hydrogens is 356 g/mol. The number of aliphatic hydroxyl groups is 1. The monoisotopic (exact) mass is 386 g/mol. The lowest BCUT2D eigenvalue weighted by Gasteiger charge is -2.38. The second kappa shape index (κ2) is 8.17. The first-order valence-corrected chi connectivity index (χ1v) is 10.6. The summed E-state index contributed by atoms with van der Waals surface area (Å²) in [6.07, 6.45) is 4.89. The van der Waals surface area contributed by atoms with Crippen LogP contribution in [0.3, 0.4) is 0 Å². The molecule has 1 aliphatic heterocycles. The lowest BCUT2D eigenvalue weighted by atomic mass is 10.0. The highest BCUT2D eigenvalue weighted by molar-refractivity contribution is 6.06. The van der Waals surface area contributed by atoms with Gasteiger partial charge in [-0.25, -0.2) is 4.98 Å². The quantitative estimate of drug-likeness (QED) is 0.788. The summed E-state index contributed by atoms with van der Waals surface area (Å²) in [6.45, 7) is 7.28. The lowest BCUT2D eigenvalue weighted by molar-refractivity contribution is 0.0473. The number of nitrogens with zero attached hydrogens (tertiary/aromatic N) is 4. The molecular formula is C21H30N4O3. The van der Waals surface area contributed by atoms with Gasteiger partial charge in [-0.15, -0.1) is 0 Å². The van der Waals surface area contributed by atoms with Gasteiger partial charge in [-0.05, 0) is 31.7 Å². The summed E-state index contributed by atoms with van der Waals surface area (Å²) < 4.78 is 5.51. The zero-order valence-corrected chi connectivity index (χ0v) is 16.9. The van der Waals surface area contributed by atoms with Crippen molar-refractivity contribution in [3.8, 4) is 0 Å². The number of amides is 1. The Kier molecular flexibility index (Phi) is 5.64. The number of fused-ring (bicyclic) bond motifs is 1. The molecule has 7 heteroatoms. The number of hydrogen-bond donors (Lipinski definition) is 1. The number of pyridine rings is 1. The smallest absolute Gasteiger partial charge is 0.259 e. The number of aromatic nitrogens is 2. The van der Waals surface area contributed by atoms with E-state index in [2.05, 4.69) is 28.9 Å². The van der Waals surface area contributed by atoms with E-state index in [1.54, 1.807) is 0 Å². The van der Waals surface area contributed by atoms with Crippen LogP contribution in [-0.4, -0.2) is 69.8 Å². The Morgan fingerprint density at radius 3 is 2.64 bits per heavy atom. The molecule has 0 spiro atoms. The summed E-state index contributed by atoms with van der Waals surface area (Å²) in [4.78, 5) is 22.3. The van der Waals surface area contributed by atoms with Gasteiger partial charge in [0.1, 0.15) is 0 Å². The molecule has 4 rings (SSSR count). The van der Waals surface area contributed by atoms with Crippen LogP contribution in [0, 0.1) is 0 Å². The zero-order valence-electron chi connectivity index (χ0n) is 16.9. The van der Waals surface area contributed by atoms with Gasteiger partial charge < -0.3 is 14.5 Å². The first-order chi connectivity index (χ1) is 13.7. The number of carbonyl (C=O) groups excluding carboxylic acids is 1. The molecule has 0 bridgehead atoms. The number of rotatable bonds is 7. The predicted molar refractivity (Wildman–Crippen MR) is 106 cm³/mol. The Morgan fingerprint density at radius 1 is 1.29 bits per heavy atom. The maximum absolute atomic E-state index is 13.4. The van der Waals surface area contributed by atoms with E-state index in [-0.39, 0.29) is 18.6 Å². The molecule has 28 heavy (non-hydrogen) atoms. The van der Waals surface area contributed by atoms with Crippen LogP contribution in [0.2, 0.25) is 0 Å². The largest absolute Gasteiger partial charge is 0.395 e. The highest BCUT2D eigenvalue weighted by Gasteiger charge is 2.31. The van der Waals surface area contributed by atoms with E-state index < -0.39 is 0 Å². The maximum Gasteiger partial charge on any atom is 0.259 e. The Balaban J connectivity index is 1.60. The van der Waals surface area contributed by atoms with Crippen molar-refractivity contribution in [3.63, 3.8) is 0 Å². The van der Waals surface area contributed by atoms with Gasteiger partial charge in [0.25, 0.3) is 11.6 Å². The standard InChI is InChI=1S/C21H30N4O3/c1-3-5-17-19-16(12-18(14-6-7-14)22-20(19)28-23-17)21(27)25-10-8-24(9-11-25)15(4-2)13-26/h12,14-15,26H,3-11,13H2,1-2H3. The lowest BCUT2D eigenvalue weighted by Crippen LogP contribution is -2.52. The maximum atomic E-state index is 13.4. The van der Waals surface area contributed by atoms with Crippen molar-refractivity contribution in [1.82, 2.24) is 19.9 Å². The molecule has 3 heterocycles. The van der Waals surface area contributed by atoms with Gasteiger partial charge in [-0.1, -0.05) is 25.4 Å². The van der Waals surface area contributed by atoms with Gasteiger partial charge in [0.05, 0.1) is 23.3 Å². The fourth-order valence-corrected chi connectivity index (χ4v) is 4.16. The third kappa shape index (κ3) is 3.65. The second-order valence-electron chi connectivity index (χ2n) is 8.00. The molecule has 2 aromatic rings. The van der Waals surface area contributed by atoms with E-state index >= 15 is 0 Å². The molecule has 2 fully saturated rings. The molecule has 0 aromatic carbocycles. The van der Waals surface area contributed by atoms with Crippen molar-refractivity contribution in [2.45, 2.75) is 57.9 Å². The summed E-state index contributed by atoms with van der Waals surface area (Å²) in [5, 5.41) is 14.5. The molecule has 1 N–H and O–H groups in total. The number of hydrogen-bond acceptors (Lipinski definition) is 6. The molecule has 2 aliphatic rings. The second-order valence-corrected chi connectivity index (χ2v) is 8.00. The Hall–Kier alpha value is -1.99. The van der Waals surface area contributed by atoms with Gasteiger partial charge >= 0.3 is 0 Å². The highest BCUT2D eigenvalue weighted by atomic mass is 16.5. The van der Waals surface area contributed by atoms with E-state index in [9.17, 15) is 9.90 Å². The van der Waals surface area contributed by atoms with Crippen molar-refractivity contribution in [2.24, 2.45) is 0 Å². The van der Waals surface area contributed by atoms with E-state index in [0.717, 1.165) is 62.0 Å². The van der Waals surface area contributed by atoms with E-state index in [1.807, 2.05) is 11.0 Å². The average molecular weight is 386 g/mol. The fraction of sp³-hybridized carbons (Fsp3) is 0.667. The van der Waals surface area contributed by atoms with Gasteiger partial charge in [-0.3, -0.25) is 9.69 Å². The van der Waals surface area contributed by atoms with Crippen molar-refractivity contribution in [2.75, 3.05) is 32.8 Å². The van der Waals surface area contributed by atoms with Crippen molar-refractivity contribution in [3.05, 3.63) is 23.0 Å². The molecule has 1 amide bonds. The summed E-state index contributed by atoms with van der Waals surface area (Å²) in [7, 11) is 0. The Bertz CT molecular complexity index is 834. The number of aliphatic hydroxyl groups excluding tert-OH is 1. The fourth-order valence-electron chi connectivity index (χ4n) is 4.16. The van der Waals surface area contributed by atoms with E-state index in [0.29, 0.717) is 30.3 Å². The predicted octanol–water partition coefficient (Wildman–Crippen LogP) is 2.58. The summed E-state index contributed by atoms with van der Waals surface area (Å²) >= 11 is 0. The minimum absolute atomic E-state index is 0.0477. The normalized spacial score (nSPS) is 19.3. The number of carbonyl (C=O) groups is 1. The van der Waals surface area contributed by atoms with Gasteiger partial charge in [0.2, 0.25) is 0 Å². The Labute approximate surface area is 165 Å². The molecule has 152 valence electrons. The van der Waals surface area contributed by atoms with Crippen LogP contribution >= 0.6 is 0 Å². The number of aryl methyl sites for hydroxylation is 1. The summed E-state index contributed by atoms with van der Waals surface area (Å²) in [5.74, 6) is 0.494. The summed E-state index contributed by atoms with van der Waals surface area (Å²) in [6, 6.07) is 2.16. The van der Waals surface area contributed by atoms with Crippen LogP contribution in [0.25, 0.3) is 11.1 Å². The molecule has 1 saturated carbocycles. The first-order valence-electron chi connectivity index (χ1n) is 10.6. The van der Waals surface area contributed by atoms with Crippen molar-refractivity contribution in [1.29, 1.82) is 0 Å². The molecule has 2 aromatic heterocycles. The minimum Gasteiger partial charge on any atom is -0.395 e. The van der Waals surface area contributed by atoms with Crippen LogP contribution < -0.4 is 0 Å². The molecule has 7 nitrogen and oxygen atoms in total. The van der Waals surface area contributed by atoms with Crippen LogP contribution in [0.1, 0.15) is 67.2 Å². The summed E-state index contributed by atoms with van der Waals surface area (Å²) in [5.41, 5.74) is 2.99. The van der Waals surface area contributed by atoms with Crippen LogP contribution in [0.15, 0.2) is 10.6 Å². The average Bonchev–Trinajstić information content (AvgIpc) is 3.50. The van der Waals surface area contributed by atoms with Gasteiger partial charge in [-0.2, -0.15) is 0 Å². The third-order valence-corrected chi connectivity index (χ3v) is 6.05. The van der Waals surface area contributed by atoms with Crippen molar-refractivity contribution >= 4 is 17.0 Å². The van der Waals surface area contributed by atoms with Crippen molar-refractivity contribution < 1.29 is 14.4 Å². The van der Waals surface area contributed by atoms with Gasteiger partial charge in [0.15, 0.2) is 0 Å². The third-order valence-electron chi connectivity index (χ3n) is 6.05. The highest BCUT2D eigenvalue weighted by Crippen LogP contribution is 2.40. The minimum atomic E-state index is 0.0477. The van der Waals surface area contributed by atoms with Crippen LogP contribution in [0.5, 0.6) is 0 Å². The van der Waals surface area contributed by atoms with E-state index in [4.69, 9.17) is 4.52 Å². The molecule has 1 saturated heterocycles. The number of piperazine rings is 1. The Morgan fingerprint density at radius 2 is 2.04 bits per heavy atom. The van der Waals surface area contributed by atoms with Gasteiger partial charge in [0, 0.05) is 43.8 Å². The SMILES string of the molecule is CCCc1noc2nc(C3CC3)cc(C(=O)N3CCN(C(CC)CO)CC3)c12. The van der Waals surface area contributed by atoms with Crippen LogP contribution in [-0.2, 0) is 6.42 Å². The topological polar surface area (TPSA) is 82.7 Å². The molecule has 1 unspecified atom stereocenters. The van der Waals surface area contributed by atoms with Crippen LogP contribution in [0.4, 0.5) is 0 Å².